The van der Waals surface area contributed by atoms with Gasteiger partial charge in [0.15, 0.2) is 34.5 Å². The summed E-state index contributed by atoms with van der Waals surface area (Å²) >= 11 is 12.3. The monoisotopic (exact) mass is 1290 g/mol. The van der Waals surface area contributed by atoms with Crippen LogP contribution in [0.25, 0.3) is 22.3 Å². The van der Waals surface area contributed by atoms with Gasteiger partial charge in [-0.2, -0.15) is 0 Å². The normalized spacial score (nSPS) is 20.2. The van der Waals surface area contributed by atoms with E-state index in [2.05, 4.69) is 29.9 Å². The van der Waals surface area contributed by atoms with Crippen LogP contribution in [-0.4, -0.2) is 117 Å². The van der Waals surface area contributed by atoms with Crippen LogP contribution in [0.5, 0.6) is 0 Å². The predicted molar refractivity (Wildman–Crippen MR) is 366 cm³/mol. The number of likely N-dealkylation sites (N-methyl/N-ethyl adjacent to an activating group) is 1. The van der Waals surface area contributed by atoms with Gasteiger partial charge in [0.05, 0.1) is 11.6 Å². The van der Waals surface area contributed by atoms with Crippen LogP contribution < -0.4 is 17.2 Å². The van der Waals surface area contributed by atoms with Gasteiger partial charge in [0.25, 0.3) is 23.6 Å². The number of halogens is 2. The molecule has 0 radical (unpaired) electrons. The highest BCUT2D eigenvalue weighted by Gasteiger charge is 2.59. The molecule has 1 saturated heterocycles. The minimum Gasteiger partial charge on any atom is -0.369 e. The van der Waals surface area contributed by atoms with Crippen molar-refractivity contribution in [2.45, 2.75) is 102 Å². The van der Waals surface area contributed by atoms with E-state index in [1.807, 2.05) is 168 Å². The zero-order valence-corrected chi connectivity index (χ0v) is 54.6. The standard InChI is InChI=1S/C29H32N4O2.C26H29ClN4O2.C19H19ClN4O/c1-3-18-32(19-4-2)26(34)23-13-11-12-22(20-23)21-33-27(35)29(31-28(33)30,24-14-7-5-8-15-24)25-16-9-6-10-17-25;1-17(32)30-12-10-18(11-13-30)16-31-24(33)26(21-8-9-21,29-25(31)28)22-6-2-4-19(14-22)20-5-3-7-23(27)15-20;1-24-17(25)19(23-18(24)21,14-5-3-6-14)15-7-2-4-12(8-15)13-9-16(20)11-22-10-13/h5-17,20H,3-4,18-19,21H2,1-2H3,(H2,30,31);2-7,14-15,18,21H,8-13,16H2,1H3,(H2,28,29);2,4,7-11,14H,3,5-6H2,1H3,(H2,21,23). The van der Waals surface area contributed by atoms with Crippen LogP contribution in [0.15, 0.2) is 191 Å². The fourth-order valence-corrected chi connectivity index (χ4v) is 14.0. The van der Waals surface area contributed by atoms with Gasteiger partial charge in [-0.15, -0.1) is 0 Å². The number of guanidine groups is 3. The summed E-state index contributed by atoms with van der Waals surface area (Å²) in [6.45, 7) is 9.44. The number of nitrogens with zero attached hydrogens (tertiary/aromatic N) is 9. The molecule has 1 aromatic heterocycles. The van der Waals surface area contributed by atoms with E-state index >= 15 is 0 Å². The lowest BCUT2D eigenvalue weighted by Crippen LogP contribution is -2.48. The minimum absolute atomic E-state index is 0.00727. The second-order valence-corrected chi connectivity index (χ2v) is 25.8. The van der Waals surface area contributed by atoms with Crippen molar-refractivity contribution in [3.8, 4) is 22.3 Å². The molecule has 5 heterocycles. The second kappa shape index (κ2) is 28.0. The summed E-state index contributed by atoms with van der Waals surface area (Å²) in [7, 11) is 1.69. The van der Waals surface area contributed by atoms with Gasteiger partial charge < -0.3 is 27.0 Å². The lowest BCUT2D eigenvalue weighted by atomic mass is 9.67. The van der Waals surface area contributed by atoms with E-state index < -0.39 is 16.6 Å². The molecule has 7 aromatic rings. The van der Waals surface area contributed by atoms with Gasteiger partial charge in [-0.05, 0) is 156 Å². The Morgan fingerprint density at radius 3 is 1.61 bits per heavy atom. The zero-order chi connectivity index (χ0) is 65.6. The van der Waals surface area contributed by atoms with Crippen molar-refractivity contribution in [1.29, 1.82) is 0 Å². The van der Waals surface area contributed by atoms with Gasteiger partial charge in [0.2, 0.25) is 5.91 Å². The van der Waals surface area contributed by atoms with Crippen LogP contribution in [0.4, 0.5) is 0 Å². The number of aromatic nitrogens is 1. The summed E-state index contributed by atoms with van der Waals surface area (Å²) in [6.07, 6.45) is 11.9. The molecule has 13 rings (SSSR count). The molecule has 4 aliphatic heterocycles. The van der Waals surface area contributed by atoms with Crippen molar-refractivity contribution in [2.75, 3.05) is 39.8 Å². The summed E-state index contributed by atoms with van der Waals surface area (Å²) in [5, 5.41) is 1.26. The van der Waals surface area contributed by atoms with E-state index in [9.17, 15) is 24.0 Å². The molecule has 480 valence electrons. The summed E-state index contributed by atoms with van der Waals surface area (Å²) in [5.74, 6) is 1.29. The maximum atomic E-state index is 14.0. The number of rotatable bonds is 17. The van der Waals surface area contributed by atoms with Crippen LogP contribution in [-0.2, 0) is 42.3 Å². The number of likely N-dealkylation sites (tertiary alicyclic amines) is 1. The number of aliphatic imine (C=N–C) groups is 3. The molecular formula is C74H80Cl2N12O5. The summed E-state index contributed by atoms with van der Waals surface area (Å²) < 4.78 is 0. The maximum absolute atomic E-state index is 14.0. The molecule has 3 fully saturated rings. The molecule has 17 nitrogen and oxygen atoms in total. The van der Waals surface area contributed by atoms with E-state index in [1.165, 1.54) is 9.80 Å². The fraction of sp³-hybridized carbons (Fsp3) is 0.338. The van der Waals surface area contributed by atoms with Crippen LogP contribution in [0.1, 0.15) is 117 Å². The molecule has 0 spiro atoms. The average Bonchev–Trinajstić information content (AvgIpc) is 1.61. The van der Waals surface area contributed by atoms with E-state index in [1.54, 1.807) is 31.3 Å². The Kier molecular flexibility index (Phi) is 19.6. The SMILES string of the molecule is CC(=O)N1CCC(CN2C(=O)C(c3cccc(-c4cccc(Cl)c4)c3)(C3CC3)N=C2N)CC1.CCCN(CCC)C(=O)c1cccc(CN2C(=O)C(c3ccccc3)(c3ccccc3)N=C2N)c1.CN1C(=O)C(c2cccc(-c3cncc(Cl)c3)c2)(C2CCC2)N=C1N. The number of nitrogens with two attached hydrogens (primary N) is 3. The van der Waals surface area contributed by atoms with E-state index in [0.29, 0.717) is 34.0 Å². The van der Waals surface area contributed by atoms with Gasteiger partial charge in [0.1, 0.15) is 0 Å². The number of hydrogen-bond donors (Lipinski definition) is 3. The molecule has 2 atom stereocenters. The van der Waals surface area contributed by atoms with E-state index in [0.717, 1.165) is 134 Å². The molecular weight excluding hydrogens is 1210 g/mol. The van der Waals surface area contributed by atoms with Gasteiger partial charge in [-0.3, -0.25) is 43.7 Å². The highest BCUT2D eigenvalue weighted by atomic mass is 35.5. The molecule has 2 unspecified atom stereocenters. The first kappa shape index (κ1) is 65.3. The molecule has 6 N–H and O–H groups in total. The number of pyridine rings is 1. The summed E-state index contributed by atoms with van der Waals surface area (Å²) in [4.78, 5) is 92.6. The summed E-state index contributed by atoms with van der Waals surface area (Å²) in [6, 6.07) is 52.0. The number of amides is 5. The second-order valence-electron chi connectivity index (χ2n) is 25.0. The quantitative estimate of drug-likeness (QED) is 0.0786. The third kappa shape index (κ3) is 13.1. The third-order valence-electron chi connectivity index (χ3n) is 18.9. The van der Waals surface area contributed by atoms with Crippen molar-refractivity contribution in [1.82, 2.24) is 29.5 Å². The topological polar surface area (TPSA) is 230 Å². The number of benzene rings is 6. The van der Waals surface area contributed by atoms with Gasteiger partial charge in [-0.25, -0.2) is 15.0 Å². The highest BCUT2D eigenvalue weighted by molar-refractivity contribution is 6.31. The van der Waals surface area contributed by atoms with Gasteiger partial charge in [0, 0.05) is 75.2 Å². The smallest absolute Gasteiger partial charge is 0.266 e. The lowest BCUT2D eigenvalue weighted by Gasteiger charge is -2.39. The largest absolute Gasteiger partial charge is 0.369 e. The van der Waals surface area contributed by atoms with Crippen LogP contribution in [0.2, 0.25) is 10.0 Å². The summed E-state index contributed by atoms with van der Waals surface area (Å²) in [5.41, 5.74) is 24.3. The Bertz CT molecular complexity index is 3970. The first-order valence-corrected chi connectivity index (χ1v) is 33.0. The Morgan fingerprint density at radius 1 is 0.548 bits per heavy atom. The number of hydrogen-bond acceptors (Lipinski definition) is 12. The van der Waals surface area contributed by atoms with Gasteiger partial charge in [-0.1, -0.05) is 165 Å². The van der Waals surface area contributed by atoms with Crippen LogP contribution in [0, 0.1) is 17.8 Å². The molecule has 19 heteroatoms. The highest BCUT2D eigenvalue weighted by Crippen LogP contribution is 2.53. The maximum Gasteiger partial charge on any atom is 0.266 e. The van der Waals surface area contributed by atoms with Crippen molar-refractivity contribution >= 4 is 70.6 Å². The third-order valence-corrected chi connectivity index (χ3v) is 19.3. The molecule has 6 aliphatic rings. The first-order valence-electron chi connectivity index (χ1n) is 32.2. The van der Waals surface area contributed by atoms with Crippen LogP contribution >= 0.6 is 23.2 Å². The molecule has 93 heavy (non-hydrogen) atoms. The molecule has 0 bridgehead atoms. The van der Waals surface area contributed by atoms with Crippen molar-refractivity contribution in [3.05, 3.63) is 220 Å². The molecule has 6 aromatic carbocycles. The van der Waals surface area contributed by atoms with E-state index in [4.69, 9.17) is 50.4 Å². The average molecular weight is 1290 g/mol. The predicted octanol–water partition coefficient (Wildman–Crippen LogP) is 11.8. The first-order chi connectivity index (χ1) is 44.9. The van der Waals surface area contributed by atoms with Gasteiger partial charge >= 0.3 is 0 Å². The van der Waals surface area contributed by atoms with Crippen molar-refractivity contribution < 1.29 is 24.0 Å². The lowest BCUT2D eigenvalue weighted by molar-refractivity contribution is -0.134. The van der Waals surface area contributed by atoms with Crippen molar-refractivity contribution in [3.63, 3.8) is 0 Å². The van der Waals surface area contributed by atoms with Crippen molar-refractivity contribution in [2.24, 2.45) is 49.9 Å². The number of carbonyl (C=O) groups excluding carboxylic acids is 5. The zero-order valence-electron chi connectivity index (χ0n) is 53.1. The minimum atomic E-state index is -1.24. The van der Waals surface area contributed by atoms with Crippen LogP contribution in [0.3, 0.4) is 0 Å². The number of carbonyl (C=O) groups is 5. The Labute approximate surface area is 554 Å². The Balaban J connectivity index is 0.000000145. The molecule has 2 saturated carbocycles. The molecule has 5 amide bonds. The molecule has 2 aliphatic carbocycles. The fourth-order valence-electron chi connectivity index (χ4n) is 13.6. The number of piperidine rings is 1. The Hall–Kier alpha value is -9.19. The Morgan fingerprint density at radius 2 is 1.08 bits per heavy atom. The van der Waals surface area contributed by atoms with E-state index in [-0.39, 0.29) is 59.8 Å².